The van der Waals surface area contributed by atoms with Gasteiger partial charge in [-0.25, -0.2) is 0 Å². The third kappa shape index (κ3) is 3.43. The Kier molecular flexibility index (Phi) is 4.73. The third-order valence-electron chi connectivity index (χ3n) is 6.23. The standard InChI is InChI=1S/C22H16N4O7/c27-21-19-13-3-4-14(9-13)20(19)22(28)24(21)23-11-12-1-6-16(7-2-12)33-18-8-5-15(25(29)30)10-17(18)26(31)32/h1-8,10-11,13-14,19-20H,9H2/b23-11-/t13-,14-,19-,20+/m0/s1. The number of ether oxygens (including phenoxy) is 1. The lowest BCUT2D eigenvalue weighted by Crippen LogP contribution is -2.28. The zero-order chi connectivity index (χ0) is 23.3. The normalized spacial score (nSPS) is 25.2. The fraction of sp³-hybridized carbons (Fsp3) is 0.227. The van der Waals surface area contributed by atoms with Gasteiger partial charge in [0.25, 0.3) is 17.5 Å². The maximum absolute atomic E-state index is 12.7. The number of carbonyl (C=O) groups excluding carboxylic acids is 2. The Hall–Kier alpha value is -4.41. The summed E-state index contributed by atoms with van der Waals surface area (Å²) in [6.07, 6.45) is 6.26. The molecule has 11 heteroatoms. The van der Waals surface area contributed by atoms with E-state index in [1.165, 1.54) is 18.3 Å². The van der Waals surface area contributed by atoms with Gasteiger partial charge in [-0.1, -0.05) is 12.2 Å². The minimum absolute atomic E-state index is 0.108. The van der Waals surface area contributed by atoms with E-state index in [9.17, 15) is 29.8 Å². The summed E-state index contributed by atoms with van der Waals surface area (Å²) in [6, 6.07) is 9.37. The first-order valence-corrected chi connectivity index (χ1v) is 10.1. The van der Waals surface area contributed by atoms with E-state index in [0.717, 1.165) is 29.6 Å². The van der Waals surface area contributed by atoms with Crippen LogP contribution in [0.4, 0.5) is 11.4 Å². The van der Waals surface area contributed by atoms with E-state index in [1.807, 2.05) is 12.2 Å². The van der Waals surface area contributed by atoms with Gasteiger partial charge in [0.1, 0.15) is 5.75 Å². The van der Waals surface area contributed by atoms with Crippen LogP contribution in [0.2, 0.25) is 0 Å². The smallest absolute Gasteiger partial charge is 0.318 e. The number of amides is 2. The van der Waals surface area contributed by atoms with Crippen LogP contribution in [-0.4, -0.2) is 32.9 Å². The fourth-order valence-electron chi connectivity index (χ4n) is 4.72. The summed E-state index contributed by atoms with van der Waals surface area (Å²) in [5, 5.41) is 27.1. The summed E-state index contributed by atoms with van der Waals surface area (Å²) >= 11 is 0. The molecule has 0 spiro atoms. The van der Waals surface area contributed by atoms with Crippen LogP contribution < -0.4 is 4.74 Å². The molecule has 33 heavy (non-hydrogen) atoms. The van der Waals surface area contributed by atoms with Crippen LogP contribution in [0.3, 0.4) is 0 Å². The molecule has 0 radical (unpaired) electrons. The van der Waals surface area contributed by atoms with Gasteiger partial charge < -0.3 is 4.74 Å². The molecular formula is C22H16N4O7. The van der Waals surface area contributed by atoms with Crippen molar-refractivity contribution in [1.82, 2.24) is 5.01 Å². The van der Waals surface area contributed by atoms with Crippen molar-refractivity contribution >= 4 is 29.4 Å². The molecule has 11 nitrogen and oxygen atoms in total. The Morgan fingerprint density at radius 2 is 1.58 bits per heavy atom. The fourth-order valence-corrected chi connectivity index (χ4v) is 4.72. The molecule has 166 valence electrons. The van der Waals surface area contributed by atoms with Crippen LogP contribution >= 0.6 is 0 Å². The van der Waals surface area contributed by atoms with E-state index in [2.05, 4.69) is 5.10 Å². The van der Waals surface area contributed by atoms with Crippen molar-refractivity contribution in [2.75, 3.05) is 0 Å². The van der Waals surface area contributed by atoms with Crippen molar-refractivity contribution in [3.05, 3.63) is 80.4 Å². The third-order valence-corrected chi connectivity index (χ3v) is 6.23. The Bertz CT molecular complexity index is 1220. The molecule has 3 aliphatic rings. The summed E-state index contributed by atoms with van der Waals surface area (Å²) in [5.74, 6) is -0.860. The highest BCUT2D eigenvalue weighted by Gasteiger charge is 2.59. The lowest BCUT2D eigenvalue weighted by Gasteiger charge is -2.13. The van der Waals surface area contributed by atoms with Gasteiger partial charge in [0.15, 0.2) is 0 Å². The molecule has 2 aromatic carbocycles. The van der Waals surface area contributed by atoms with E-state index in [-0.39, 0.29) is 47.0 Å². The number of rotatable bonds is 6. The molecular weight excluding hydrogens is 432 g/mol. The molecule has 4 atom stereocenters. The molecule has 0 aromatic heterocycles. The van der Waals surface area contributed by atoms with E-state index < -0.39 is 21.2 Å². The number of hydrazone groups is 1. The largest absolute Gasteiger partial charge is 0.450 e. The summed E-state index contributed by atoms with van der Waals surface area (Å²) in [6.45, 7) is 0. The van der Waals surface area contributed by atoms with Gasteiger partial charge in [0.05, 0.1) is 34.0 Å². The minimum Gasteiger partial charge on any atom is -0.450 e. The molecule has 2 amide bonds. The van der Waals surface area contributed by atoms with Gasteiger partial charge in [-0.15, -0.1) is 0 Å². The second-order valence-corrected chi connectivity index (χ2v) is 8.07. The van der Waals surface area contributed by atoms with Crippen LogP contribution in [0.15, 0.2) is 59.7 Å². The first kappa shape index (κ1) is 20.5. The molecule has 1 heterocycles. The van der Waals surface area contributed by atoms with E-state index in [1.54, 1.807) is 12.1 Å². The van der Waals surface area contributed by atoms with Crippen molar-refractivity contribution in [3.8, 4) is 11.5 Å². The Morgan fingerprint density at radius 1 is 0.939 bits per heavy atom. The topological polar surface area (TPSA) is 145 Å². The van der Waals surface area contributed by atoms with Gasteiger partial charge >= 0.3 is 5.69 Å². The van der Waals surface area contributed by atoms with E-state index in [0.29, 0.717) is 5.56 Å². The van der Waals surface area contributed by atoms with E-state index >= 15 is 0 Å². The first-order valence-electron chi connectivity index (χ1n) is 10.1. The number of allylic oxidation sites excluding steroid dienone is 2. The molecule has 2 fully saturated rings. The average Bonchev–Trinajstić information content (AvgIpc) is 3.47. The number of benzene rings is 2. The van der Waals surface area contributed by atoms with Gasteiger partial charge in [-0.3, -0.25) is 29.8 Å². The molecule has 0 N–H and O–H groups in total. The Labute approximate surface area is 186 Å². The van der Waals surface area contributed by atoms with Crippen molar-refractivity contribution < 1.29 is 24.2 Å². The molecule has 1 saturated carbocycles. The summed E-state index contributed by atoms with van der Waals surface area (Å²) < 4.78 is 5.52. The maximum Gasteiger partial charge on any atom is 0.318 e. The predicted molar refractivity (Wildman–Crippen MR) is 113 cm³/mol. The molecule has 0 unspecified atom stereocenters. The first-order chi connectivity index (χ1) is 15.8. The maximum atomic E-state index is 12.7. The van der Waals surface area contributed by atoms with Crippen molar-refractivity contribution in [3.63, 3.8) is 0 Å². The lowest BCUT2D eigenvalue weighted by atomic mass is 9.85. The molecule has 2 aliphatic carbocycles. The second-order valence-electron chi connectivity index (χ2n) is 8.07. The number of imide groups is 1. The second kappa shape index (κ2) is 7.62. The summed E-state index contributed by atoms with van der Waals surface area (Å²) in [7, 11) is 0. The van der Waals surface area contributed by atoms with Crippen LogP contribution in [0.5, 0.6) is 11.5 Å². The number of nitrogens with zero attached hydrogens (tertiary/aromatic N) is 4. The quantitative estimate of drug-likeness (QED) is 0.216. The van der Waals surface area contributed by atoms with Crippen molar-refractivity contribution in [2.45, 2.75) is 6.42 Å². The number of hydrogen-bond donors (Lipinski definition) is 0. The van der Waals surface area contributed by atoms with E-state index in [4.69, 9.17) is 4.74 Å². The molecule has 5 rings (SSSR count). The van der Waals surface area contributed by atoms with Crippen LogP contribution in [0, 0.1) is 43.9 Å². The molecule has 1 saturated heterocycles. The Morgan fingerprint density at radius 3 is 2.15 bits per heavy atom. The molecule has 2 aromatic rings. The van der Waals surface area contributed by atoms with Gasteiger partial charge in [0.2, 0.25) is 5.75 Å². The minimum atomic E-state index is -0.759. The summed E-state index contributed by atoms with van der Waals surface area (Å²) in [5.41, 5.74) is -0.367. The molecule has 1 aliphatic heterocycles. The number of hydrogen-bond acceptors (Lipinski definition) is 8. The monoisotopic (exact) mass is 448 g/mol. The number of nitro benzene ring substituents is 2. The Balaban J connectivity index is 1.30. The number of nitro groups is 2. The zero-order valence-corrected chi connectivity index (χ0v) is 16.9. The van der Waals surface area contributed by atoms with Gasteiger partial charge in [-0.2, -0.15) is 10.1 Å². The lowest BCUT2D eigenvalue weighted by molar-refractivity contribution is -0.394. The highest BCUT2D eigenvalue weighted by Crippen LogP contribution is 2.52. The number of fused-ring (bicyclic) bond motifs is 5. The van der Waals surface area contributed by atoms with Crippen molar-refractivity contribution in [2.24, 2.45) is 28.8 Å². The average molecular weight is 448 g/mol. The van der Waals surface area contributed by atoms with Crippen LogP contribution in [0.25, 0.3) is 0 Å². The number of carbonyl (C=O) groups is 2. The van der Waals surface area contributed by atoms with Gasteiger partial charge in [-0.05, 0) is 54.2 Å². The van der Waals surface area contributed by atoms with Crippen LogP contribution in [0.1, 0.15) is 12.0 Å². The zero-order valence-electron chi connectivity index (χ0n) is 16.9. The van der Waals surface area contributed by atoms with Gasteiger partial charge in [0, 0.05) is 6.07 Å². The SMILES string of the molecule is O=C1[C@@H]2[C@H](C(=O)N1/N=C\c1ccc(Oc3ccc([N+](=O)[O-])cc3[N+](=O)[O-])cc1)[C@H]1C=C[C@H]2C1. The van der Waals surface area contributed by atoms with Crippen molar-refractivity contribution in [1.29, 1.82) is 0 Å². The summed E-state index contributed by atoms with van der Waals surface area (Å²) in [4.78, 5) is 45.9. The number of non-ortho nitro benzene ring substituents is 1. The molecule has 2 bridgehead atoms. The highest BCUT2D eigenvalue weighted by atomic mass is 16.6. The predicted octanol–water partition coefficient (Wildman–Crippen LogP) is 3.44. The van der Waals surface area contributed by atoms with Crippen LogP contribution in [-0.2, 0) is 9.59 Å². The highest BCUT2D eigenvalue weighted by molar-refractivity contribution is 6.06.